The smallest absolute Gasteiger partial charge is 0.403 e. The van der Waals surface area contributed by atoms with Gasteiger partial charge in [-0.05, 0) is 13.8 Å². The number of allylic oxidation sites excluding steroid dienone is 2. The lowest BCUT2D eigenvalue weighted by atomic mass is 10.7. The summed E-state index contributed by atoms with van der Waals surface area (Å²) in [7, 11) is 0. The van der Waals surface area contributed by atoms with Crippen LogP contribution in [0.15, 0.2) is 24.7 Å². The molecule has 0 atom stereocenters. The molecule has 0 saturated heterocycles. The zero-order valence-electron chi connectivity index (χ0n) is 6.09. The van der Waals surface area contributed by atoms with Crippen molar-refractivity contribution >= 4 is 6.16 Å². The van der Waals surface area contributed by atoms with Gasteiger partial charge in [-0.3, -0.25) is 0 Å². The fourth-order valence-electron chi connectivity index (χ4n) is 0.290. The molecule has 0 aliphatic carbocycles. The first-order valence-electron chi connectivity index (χ1n) is 2.82. The molecular formula is C7H10O3. The fourth-order valence-corrected chi connectivity index (χ4v) is 0.290. The van der Waals surface area contributed by atoms with Gasteiger partial charge in [0.1, 0.15) is 5.76 Å². The van der Waals surface area contributed by atoms with Crippen LogP contribution in [0.5, 0.6) is 0 Å². The first-order valence-corrected chi connectivity index (χ1v) is 2.82. The fraction of sp³-hybridized carbons (Fsp3) is 0.286. The Bertz CT molecular complexity index is 158. The molecule has 0 aliphatic rings. The lowest BCUT2D eigenvalue weighted by Crippen LogP contribution is -2.00. The zero-order chi connectivity index (χ0) is 7.98. The molecule has 0 radical (unpaired) electrons. The maximum atomic E-state index is 10.5. The maximum Gasteiger partial charge on any atom is 0.518 e. The van der Waals surface area contributed by atoms with E-state index in [1.807, 2.05) is 0 Å². The highest BCUT2D eigenvalue weighted by Crippen LogP contribution is 1.94. The van der Waals surface area contributed by atoms with Crippen LogP contribution in [0.1, 0.15) is 13.8 Å². The summed E-state index contributed by atoms with van der Waals surface area (Å²) in [6.45, 7) is 6.65. The van der Waals surface area contributed by atoms with E-state index in [-0.39, 0.29) is 0 Å². The molecule has 0 spiro atoms. The van der Waals surface area contributed by atoms with Gasteiger partial charge in [-0.15, -0.1) is 0 Å². The Morgan fingerprint density at radius 3 is 2.60 bits per heavy atom. The summed E-state index contributed by atoms with van der Waals surface area (Å²) in [6.07, 6.45) is 2.07. The van der Waals surface area contributed by atoms with Gasteiger partial charge in [0.15, 0.2) is 0 Å². The Balaban J connectivity index is 3.54. The van der Waals surface area contributed by atoms with E-state index in [9.17, 15) is 4.79 Å². The van der Waals surface area contributed by atoms with Gasteiger partial charge in [-0.25, -0.2) is 4.79 Å². The third-order valence-electron chi connectivity index (χ3n) is 0.558. The molecular weight excluding hydrogens is 132 g/mol. The van der Waals surface area contributed by atoms with Gasteiger partial charge < -0.3 is 9.47 Å². The van der Waals surface area contributed by atoms with E-state index in [1.165, 1.54) is 6.26 Å². The van der Waals surface area contributed by atoms with Gasteiger partial charge in [-0.2, -0.15) is 0 Å². The van der Waals surface area contributed by atoms with Crippen LogP contribution in [0.3, 0.4) is 0 Å². The predicted molar refractivity (Wildman–Crippen MR) is 37.2 cm³/mol. The van der Waals surface area contributed by atoms with Crippen LogP contribution in [0.25, 0.3) is 0 Å². The number of rotatable bonds is 2. The van der Waals surface area contributed by atoms with E-state index in [2.05, 4.69) is 16.1 Å². The van der Waals surface area contributed by atoms with Gasteiger partial charge in [0.05, 0.1) is 6.26 Å². The summed E-state index contributed by atoms with van der Waals surface area (Å²) in [5.41, 5.74) is 0. The second-order valence-electron chi connectivity index (χ2n) is 1.64. The quantitative estimate of drug-likeness (QED) is 0.438. The van der Waals surface area contributed by atoms with Crippen molar-refractivity contribution in [2.24, 2.45) is 0 Å². The molecule has 0 bridgehead atoms. The topological polar surface area (TPSA) is 35.5 Å². The first kappa shape index (κ1) is 8.75. The molecule has 0 saturated carbocycles. The third kappa shape index (κ3) is 4.90. The Kier molecular flexibility index (Phi) is 4.04. The molecule has 3 nitrogen and oxygen atoms in total. The lowest BCUT2D eigenvalue weighted by molar-refractivity contribution is 0.111. The number of carbonyl (C=O) groups excluding carboxylic acids is 1. The summed E-state index contributed by atoms with van der Waals surface area (Å²) < 4.78 is 8.84. The molecule has 3 heteroatoms. The minimum atomic E-state index is -0.759. The Morgan fingerprint density at radius 1 is 1.60 bits per heavy atom. The molecule has 0 heterocycles. The number of carbonyl (C=O) groups is 1. The summed E-state index contributed by atoms with van der Waals surface area (Å²) >= 11 is 0. The van der Waals surface area contributed by atoms with E-state index in [0.717, 1.165) is 0 Å². The van der Waals surface area contributed by atoms with Gasteiger partial charge in [0.25, 0.3) is 0 Å². The molecule has 0 fully saturated rings. The highest BCUT2D eigenvalue weighted by Gasteiger charge is 1.99. The standard InChI is InChI=1S/C7H10O3/c1-4-5-9-7(8)10-6(2)3/h4-5H,2H2,1,3H3/b5-4-. The molecule has 0 aromatic rings. The largest absolute Gasteiger partial charge is 0.518 e. The van der Waals surface area contributed by atoms with Crippen molar-refractivity contribution in [2.75, 3.05) is 0 Å². The van der Waals surface area contributed by atoms with Gasteiger partial charge in [0, 0.05) is 0 Å². The van der Waals surface area contributed by atoms with Gasteiger partial charge in [-0.1, -0.05) is 12.7 Å². The second-order valence-corrected chi connectivity index (χ2v) is 1.64. The van der Waals surface area contributed by atoms with Crippen molar-refractivity contribution < 1.29 is 14.3 Å². The molecule has 10 heavy (non-hydrogen) atoms. The minimum Gasteiger partial charge on any atom is -0.403 e. The monoisotopic (exact) mass is 142 g/mol. The molecule has 0 aliphatic heterocycles. The normalized spacial score (nSPS) is 9.40. The first-order chi connectivity index (χ1) is 4.66. The van der Waals surface area contributed by atoms with Crippen LogP contribution in [0, 0.1) is 0 Å². The molecule has 0 aromatic carbocycles. The van der Waals surface area contributed by atoms with E-state index in [4.69, 9.17) is 0 Å². The second kappa shape index (κ2) is 4.61. The Labute approximate surface area is 59.9 Å². The van der Waals surface area contributed by atoms with Crippen LogP contribution in [0.4, 0.5) is 4.79 Å². The van der Waals surface area contributed by atoms with E-state index in [1.54, 1.807) is 19.9 Å². The third-order valence-corrected chi connectivity index (χ3v) is 0.558. The average molecular weight is 142 g/mol. The zero-order valence-corrected chi connectivity index (χ0v) is 6.09. The molecule has 0 unspecified atom stereocenters. The van der Waals surface area contributed by atoms with Crippen LogP contribution >= 0.6 is 0 Å². The van der Waals surface area contributed by atoms with Crippen molar-refractivity contribution in [1.82, 2.24) is 0 Å². The Morgan fingerprint density at radius 2 is 2.20 bits per heavy atom. The van der Waals surface area contributed by atoms with Gasteiger partial charge >= 0.3 is 6.16 Å². The van der Waals surface area contributed by atoms with E-state index < -0.39 is 6.16 Å². The predicted octanol–water partition coefficient (Wildman–Crippen LogP) is 2.21. The molecule has 0 N–H and O–H groups in total. The van der Waals surface area contributed by atoms with Crippen LogP contribution in [0.2, 0.25) is 0 Å². The van der Waals surface area contributed by atoms with Crippen LogP contribution in [-0.4, -0.2) is 6.16 Å². The van der Waals surface area contributed by atoms with Crippen molar-refractivity contribution in [3.05, 3.63) is 24.7 Å². The SMILES string of the molecule is C=C(C)OC(=O)O/C=C\C. The van der Waals surface area contributed by atoms with Crippen molar-refractivity contribution in [3.63, 3.8) is 0 Å². The number of hydrogen-bond acceptors (Lipinski definition) is 3. The summed E-state index contributed by atoms with van der Waals surface area (Å²) in [4.78, 5) is 10.5. The maximum absolute atomic E-state index is 10.5. The summed E-state index contributed by atoms with van der Waals surface area (Å²) in [5.74, 6) is 0.314. The number of ether oxygens (including phenoxy) is 2. The summed E-state index contributed by atoms with van der Waals surface area (Å²) in [6, 6.07) is 0. The van der Waals surface area contributed by atoms with Crippen molar-refractivity contribution in [2.45, 2.75) is 13.8 Å². The molecule has 0 aromatic heterocycles. The number of hydrogen-bond donors (Lipinski definition) is 0. The van der Waals surface area contributed by atoms with Gasteiger partial charge in [0.2, 0.25) is 0 Å². The van der Waals surface area contributed by atoms with Crippen LogP contribution in [-0.2, 0) is 9.47 Å². The highest BCUT2D eigenvalue weighted by atomic mass is 16.7. The summed E-state index contributed by atoms with van der Waals surface area (Å²) in [5, 5.41) is 0. The van der Waals surface area contributed by atoms with E-state index >= 15 is 0 Å². The molecule has 56 valence electrons. The Hall–Kier alpha value is -1.25. The molecule has 0 amide bonds. The van der Waals surface area contributed by atoms with Crippen LogP contribution < -0.4 is 0 Å². The average Bonchev–Trinajstić information content (AvgIpc) is 1.82. The molecule has 0 rings (SSSR count). The highest BCUT2D eigenvalue weighted by molar-refractivity contribution is 5.61. The van der Waals surface area contributed by atoms with Crippen molar-refractivity contribution in [1.29, 1.82) is 0 Å². The lowest BCUT2D eigenvalue weighted by Gasteiger charge is -1.98. The van der Waals surface area contributed by atoms with E-state index in [0.29, 0.717) is 5.76 Å². The van der Waals surface area contributed by atoms with Crippen molar-refractivity contribution in [3.8, 4) is 0 Å². The minimum absolute atomic E-state index is 0.314.